The van der Waals surface area contributed by atoms with E-state index in [1.165, 1.54) is 6.07 Å². The lowest BCUT2D eigenvalue weighted by molar-refractivity contribution is -0.144. The predicted molar refractivity (Wildman–Crippen MR) is 65.9 cm³/mol. The molecule has 1 saturated carbocycles. The summed E-state index contributed by atoms with van der Waals surface area (Å²) >= 11 is 0. The number of aliphatic hydroxyl groups is 1. The van der Waals surface area contributed by atoms with E-state index in [1.54, 1.807) is 4.90 Å². The molecular weight excluding hydrogens is 273 g/mol. The number of nitrogens with two attached hydrogens (primary N) is 1. The Bertz CT molecular complexity index is 522. The van der Waals surface area contributed by atoms with Gasteiger partial charge in [-0.3, -0.25) is 0 Å². The number of aromatic nitrogens is 2. The molecule has 3 atom stereocenters. The van der Waals surface area contributed by atoms with E-state index in [2.05, 4.69) is 9.97 Å². The van der Waals surface area contributed by atoms with Gasteiger partial charge in [0.2, 0.25) is 5.82 Å². The molecule has 2 fully saturated rings. The third-order valence-electron chi connectivity index (χ3n) is 4.13. The first kappa shape index (κ1) is 13.4. The Morgan fingerprint density at radius 2 is 2.00 bits per heavy atom. The molecule has 1 aliphatic heterocycles. The highest BCUT2D eigenvalue weighted by Crippen LogP contribution is 2.40. The Kier molecular flexibility index (Phi) is 3.00. The van der Waals surface area contributed by atoms with Crippen molar-refractivity contribution in [1.82, 2.24) is 9.97 Å². The van der Waals surface area contributed by atoms with E-state index in [1.807, 2.05) is 0 Å². The van der Waals surface area contributed by atoms with Gasteiger partial charge >= 0.3 is 6.18 Å². The fraction of sp³-hybridized carbons (Fsp3) is 0.667. The molecule has 0 spiro atoms. The summed E-state index contributed by atoms with van der Waals surface area (Å²) in [7, 11) is 0. The van der Waals surface area contributed by atoms with E-state index in [4.69, 9.17) is 5.73 Å². The van der Waals surface area contributed by atoms with Gasteiger partial charge in [-0.05, 0) is 18.8 Å². The van der Waals surface area contributed by atoms with Gasteiger partial charge in [-0.15, -0.1) is 0 Å². The summed E-state index contributed by atoms with van der Waals surface area (Å²) < 4.78 is 38.1. The average molecular weight is 288 g/mol. The van der Waals surface area contributed by atoms with Gasteiger partial charge in [0.1, 0.15) is 11.6 Å². The number of anilines is 2. The molecule has 2 heterocycles. The highest BCUT2D eigenvalue weighted by atomic mass is 19.4. The summed E-state index contributed by atoms with van der Waals surface area (Å²) in [6.07, 6.45) is -3.32. The first-order chi connectivity index (χ1) is 9.34. The molecule has 1 saturated heterocycles. The number of hydrogen-bond donors (Lipinski definition) is 2. The molecule has 1 aliphatic carbocycles. The summed E-state index contributed by atoms with van der Waals surface area (Å²) in [4.78, 5) is 8.55. The quantitative estimate of drug-likeness (QED) is 0.814. The fourth-order valence-electron chi connectivity index (χ4n) is 3.17. The maximum atomic E-state index is 12.7. The van der Waals surface area contributed by atoms with E-state index in [0.29, 0.717) is 19.0 Å². The van der Waals surface area contributed by atoms with Crippen LogP contribution in [0.2, 0.25) is 0 Å². The molecule has 3 rings (SSSR count). The van der Waals surface area contributed by atoms with Crippen molar-refractivity contribution in [2.75, 3.05) is 23.7 Å². The van der Waals surface area contributed by atoms with Crippen LogP contribution in [-0.4, -0.2) is 34.3 Å². The van der Waals surface area contributed by atoms with Crippen LogP contribution in [0, 0.1) is 11.8 Å². The van der Waals surface area contributed by atoms with Crippen molar-refractivity contribution in [2.45, 2.75) is 25.1 Å². The minimum Gasteiger partial charge on any atom is -0.393 e. The van der Waals surface area contributed by atoms with Crippen LogP contribution in [0.1, 0.15) is 18.7 Å². The SMILES string of the molecule is Nc1cc(N2CC3CCC(O)C3C2)nc(C(F)(F)F)n1. The Balaban J connectivity index is 1.86. The highest BCUT2D eigenvalue weighted by molar-refractivity contribution is 5.48. The molecule has 5 nitrogen and oxygen atoms in total. The highest BCUT2D eigenvalue weighted by Gasteiger charge is 2.43. The van der Waals surface area contributed by atoms with Crippen LogP contribution in [0.25, 0.3) is 0 Å². The molecule has 3 unspecified atom stereocenters. The van der Waals surface area contributed by atoms with Gasteiger partial charge in [0, 0.05) is 25.1 Å². The minimum atomic E-state index is -4.61. The summed E-state index contributed by atoms with van der Waals surface area (Å²) in [5.41, 5.74) is 5.44. The lowest BCUT2D eigenvalue weighted by atomic mass is 10.00. The number of fused-ring (bicyclic) bond motifs is 1. The molecule has 0 aromatic carbocycles. The number of alkyl halides is 3. The lowest BCUT2D eigenvalue weighted by Gasteiger charge is -2.20. The van der Waals surface area contributed by atoms with Crippen molar-refractivity contribution in [2.24, 2.45) is 11.8 Å². The van der Waals surface area contributed by atoms with Crippen molar-refractivity contribution in [1.29, 1.82) is 0 Å². The molecule has 1 aromatic rings. The maximum absolute atomic E-state index is 12.7. The van der Waals surface area contributed by atoms with Gasteiger partial charge in [-0.2, -0.15) is 13.2 Å². The van der Waals surface area contributed by atoms with Crippen LogP contribution in [0.3, 0.4) is 0 Å². The summed E-state index contributed by atoms with van der Waals surface area (Å²) in [5.74, 6) is -0.799. The lowest BCUT2D eigenvalue weighted by Crippen LogP contribution is -2.26. The molecule has 8 heteroatoms. The van der Waals surface area contributed by atoms with Crippen LogP contribution in [0.4, 0.5) is 24.8 Å². The summed E-state index contributed by atoms with van der Waals surface area (Å²) in [5, 5.41) is 9.84. The molecule has 0 bridgehead atoms. The van der Waals surface area contributed by atoms with Gasteiger partial charge in [0.15, 0.2) is 0 Å². The van der Waals surface area contributed by atoms with Crippen molar-refractivity contribution < 1.29 is 18.3 Å². The van der Waals surface area contributed by atoms with E-state index in [-0.39, 0.29) is 23.7 Å². The van der Waals surface area contributed by atoms with Gasteiger partial charge in [0.05, 0.1) is 6.10 Å². The van der Waals surface area contributed by atoms with Crippen molar-refractivity contribution >= 4 is 11.6 Å². The normalized spacial score (nSPS) is 29.8. The molecule has 1 aromatic heterocycles. The summed E-state index contributed by atoms with van der Waals surface area (Å²) in [6, 6.07) is 1.35. The standard InChI is InChI=1S/C12H15F3N4O/c13-12(14,15)11-17-9(16)3-10(18-11)19-4-6-1-2-8(20)7(6)5-19/h3,6-8,20H,1-2,4-5H2,(H2,16,17,18). The second-order valence-electron chi connectivity index (χ2n) is 5.45. The minimum absolute atomic E-state index is 0.112. The zero-order valence-corrected chi connectivity index (χ0v) is 10.6. The van der Waals surface area contributed by atoms with E-state index >= 15 is 0 Å². The van der Waals surface area contributed by atoms with Gasteiger partial charge < -0.3 is 15.7 Å². The number of nitrogen functional groups attached to an aromatic ring is 1. The second-order valence-corrected chi connectivity index (χ2v) is 5.45. The third-order valence-corrected chi connectivity index (χ3v) is 4.13. The molecular formula is C12H15F3N4O. The zero-order valence-electron chi connectivity index (χ0n) is 10.6. The Hall–Kier alpha value is -1.57. The first-order valence-corrected chi connectivity index (χ1v) is 6.49. The van der Waals surface area contributed by atoms with Crippen molar-refractivity contribution in [3.63, 3.8) is 0 Å². The van der Waals surface area contributed by atoms with E-state index in [9.17, 15) is 18.3 Å². The third kappa shape index (κ3) is 2.28. The maximum Gasteiger partial charge on any atom is 0.451 e. The van der Waals surface area contributed by atoms with Gasteiger partial charge in [-0.1, -0.05) is 0 Å². The smallest absolute Gasteiger partial charge is 0.393 e. The van der Waals surface area contributed by atoms with Crippen LogP contribution in [-0.2, 0) is 6.18 Å². The largest absolute Gasteiger partial charge is 0.451 e. The molecule has 3 N–H and O–H groups in total. The first-order valence-electron chi connectivity index (χ1n) is 6.49. The molecule has 2 aliphatic rings. The van der Waals surface area contributed by atoms with Crippen LogP contribution in [0.5, 0.6) is 0 Å². The second kappa shape index (κ2) is 4.47. The average Bonchev–Trinajstić information content (AvgIpc) is 2.90. The molecule has 20 heavy (non-hydrogen) atoms. The molecule has 110 valence electrons. The van der Waals surface area contributed by atoms with Crippen molar-refractivity contribution in [3.05, 3.63) is 11.9 Å². The number of nitrogens with zero attached hydrogens (tertiary/aromatic N) is 3. The van der Waals surface area contributed by atoms with E-state index < -0.39 is 12.0 Å². The molecule has 0 amide bonds. The Labute approximate surface area is 113 Å². The topological polar surface area (TPSA) is 75.3 Å². The molecule has 0 radical (unpaired) electrons. The van der Waals surface area contributed by atoms with Gasteiger partial charge in [-0.25, -0.2) is 9.97 Å². The Morgan fingerprint density at radius 1 is 1.25 bits per heavy atom. The van der Waals surface area contributed by atoms with Crippen molar-refractivity contribution in [3.8, 4) is 0 Å². The predicted octanol–water partition coefficient (Wildman–Crippen LogP) is 1.28. The van der Waals surface area contributed by atoms with Crippen LogP contribution in [0.15, 0.2) is 6.07 Å². The zero-order chi connectivity index (χ0) is 14.5. The van der Waals surface area contributed by atoms with Crippen LogP contribution >= 0.6 is 0 Å². The van der Waals surface area contributed by atoms with Crippen LogP contribution < -0.4 is 10.6 Å². The monoisotopic (exact) mass is 288 g/mol. The number of aliphatic hydroxyl groups excluding tert-OH is 1. The fourth-order valence-corrected chi connectivity index (χ4v) is 3.17. The van der Waals surface area contributed by atoms with E-state index in [0.717, 1.165) is 12.8 Å². The number of hydrogen-bond acceptors (Lipinski definition) is 5. The van der Waals surface area contributed by atoms with Gasteiger partial charge in [0.25, 0.3) is 0 Å². The Morgan fingerprint density at radius 3 is 2.65 bits per heavy atom. The summed E-state index contributed by atoms with van der Waals surface area (Å²) in [6.45, 7) is 1.12. The number of halogens is 3. The number of rotatable bonds is 1.